The SMILES string of the molecule is O=C(O)/C=C/c1cnc(Oc2cc(Cl)ccc2Cl)nc1. The van der Waals surface area contributed by atoms with Gasteiger partial charge in [-0.2, -0.15) is 0 Å². The van der Waals surface area contributed by atoms with E-state index in [-0.39, 0.29) is 6.01 Å². The van der Waals surface area contributed by atoms with Gasteiger partial charge in [0.25, 0.3) is 0 Å². The van der Waals surface area contributed by atoms with Crippen LogP contribution in [0.25, 0.3) is 6.08 Å². The number of aromatic nitrogens is 2. The number of ether oxygens (including phenoxy) is 1. The standard InChI is InChI=1S/C13H8Cl2N2O3/c14-9-2-3-10(15)11(5-9)20-13-16-6-8(7-17-13)1-4-12(18)19/h1-7H,(H,18,19)/b4-1+. The molecule has 1 aromatic carbocycles. The molecular weight excluding hydrogens is 303 g/mol. The van der Waals surface area contributed by atoms with E-state index in [1.165, 1.54) is 18.5 Å². The summed E-state index contributed by atoms with van der Waals surface area (Å²) in [7, 11) is 0. The second-order valence-electron chi connectivity index (χ2n) is 3.65. The minimum absolute atomic E-state index is 0.0849. The molecule has 7 heteroatoms. The van der Waals surface area contributed by atoms with Gasteiger partial charge in [0.15, 0.2) is 5.75 Å². The molecular formula is C13H8Cl2N2O3. The van der Waals surface area contributed by atoms with Gasteiger partial charge in [-0.15, -0.1) is 0 Å². The Labute approximate surface area is 124 Å². The number of carbonyl (C=O) groups is 1. The highest BCUT2D eigenvalue weighted by Crippen LogP contribution is 2.30. The number of hydrogen-bond acceptors (Lipinski definition) is 4. The van der Waals surface area contributed by atoms with E-state index in [4.69, 9.17) is 33.0 Å². The molecule has 1 heterocycles. The van der Waals surface area contributed by atoms with Crippen LogP contribution < -0.4 is 4.74 Å². The van der Waals surface area contributed by atoms with E-state index < -0.39 is 5.97 Å². The molecule has 2 aromatic rings. The fourth-order valence-electron chi connectivity index (χ4n) is 1.29. The molecule has 1 aromatic heterocycles. The van der Waals surface area contributed by atoms with E-state index in [2.05, 4.69) is 9.97 Å². The van der Waals surface area contributed by atoms with Crippen LogP contribution in [-0.2, 0) is 4.79 Å². The predicted molar refractivity (Wildman–Crippen MR) is 75.2 cm³/mol. The number of carboxylic acids is 1. The number of nitrogens with zero attached hydrogens (tertiary/aromatic N) is 2. The molecule has 0 aliphatic heterocycles. The molecule has 0 fully saturated rings. The zero-order chi connectivity index (χ0) is 14.5. The minimum Gasteiger partial charge on any atom is -0.478 e. The molecule has 0 saturated heterocycles. The maximum absolute atomic E-state index is 10.4. The summed E-state index contributed by atoms with van der Waals surface area (Å²) in [5.74, 6) is -0.705. The Morgan fingerprint density at radius 2 is 1.95 bits per heavy atom. The van der Waals surface area contributed by atoms with E-state index in [0.29, 0.717) is 21.4 Å². The van der Waals surface area contributed by atoms with Crippen molar-refractivity contribution in [1.82, 2.24) is 9.97 Å². The van der Waals surface area contributed by atoms with Crippen molar-refractivity contribution < 1.29 is 14.6 Å². The van der Waals surface area contributed by atoms with Gasteiger partial charge in [-0.1, -0.05) is 23.2 Å². The van der Waals surface area contributed by atoms with Crippen molar-refractivity contribution in [2.24, 2.45) is 0 Å². The Kier molecular flexibility index (Phi) is 4.55. The van der Waals surface area contributed by atoms with E-state index >= 15 is 0 Å². The van der Waals surface area contributed by atoms with Gasteiger partial charge < -0.3 is 9.84 Å². The van der Waals surface area contributed by atoms with Gasteiger partial charge in [0.2, 0.25) is 0 Å². The first kappa shape index (κ1) is 14.3. The van der Waals surface area contributed by atoms with Crippen LogP contribution in [0.2, 0.25) is 10.0 Å². The Morgan fingerprint density at radius 3 is 2.60 bits per heavy atom. The molecule has 0 radical (unpaired) electrons. The normalized spacial score (nSPS) is 10.7. The number of hydrogen-bond donors (Lipinski definition) is 1. The van der Waals surface area contributed by atoms with Gasteiger partial charge >= 0.3 is 12.0 Å². The van der Waals surface area contributed by atoms with Crippen LogP contribution in [0, 0.1) is 0 Å². The minimum atomic E-state index is -1.05. The van der Waals surface area contributed by atoms with Gasteiger partial charge in [-0.05, 0) is 18.2 Å². The van der Waals surface area contributed by atoms with Crippen LogP contribution in [0.3, 0.4) is 0 Å². The quantitative estimate of drug-likeness (QED) is 0.872. The second-order valence-corrected chi connectivity index (χ2v) is 4.49. The highest BCUT2D eigenvalue weighted by atomic mass is 35.5. The lowest BCUT2D eigenvalue weighted by molar-refractivity contribution is -0.131. The van der Waals surface area contributed by atoms with Crippen molar-refractivity contribution in [3.8, 4) is 11.8 Å². The van der Waals surface area contributed by atoms with Crippen LogP contribution in [0.1, 0.15) is 5.56 Å². The van der Waals surface area contributed by atoms with Gasteiger partial charge in [0.1, 0.15) is 0 Å². The molecule has 1 N–H and O–H groups in total. The lowest BCUT2D eigenvalue weighted by atomic mass is 10.3. The topological polar surface area (TPSA) is 72.3 Å². The van der Waals surface area contributed by atoms with Crippen molar-refractivity contribution in [2.45, 2.75) is 0 Å². The van der Waals surface area contributed by atoms with Crippen molar-refractivity contribution in [2.75, 3.05) is 0 Å². The Hall–Kier alpha value is -2.11. The van der Waals surface area contributed by atoms with Crippen LogP contribution in [0.5, 0.6) is 11.8 Å². The average Bonchev–Trinajstić information content (AvgIpc) is 2.42. The third-order valence-corrected chi connectivity index (χ3v) is 2.71. The first-order chi connectivity index (χ1) is 9.54. The summed E-state index contributed by atoms with van der Waals surface area (Å²) in [4.78, 5) is 18.3. The maximum Gasteiger partial charge on any atom is 0.328 e. The Balaban J connectivity index is 2.14. The van der Waals surface area contributed by atoms with Crippen molar-refractivity contribution in [3.05, 3.63) is 52.3 Å². The second kappa shape index (κ2) is 6.36. The van der Waals surface area contributed by atoms with Crippen LogP contribution in [0.4, 0.5) is 0 Å². The van der Waals surface area contributed by atoms with Gasteiger partial charge in [0.05, 0.1) is 5.02 Å². The Morgan fingerprint density at radius 1 is 1.25 bits per heavy atom. The van der Waals surface area contributed by atoms with E-state index in [1.807, 2.05) is 0 Å². The van der Waals surface area contributed by atoms with Gasteiger partial charge in [-0.3, -0.25) is 0 Å². The molecule has 2 rings (SSSR count). The summed E-state index contributed by atoms with van der Waals surface area (Å²) in [6, 6.07) is 4.87. The predicted octanol–water partition coefficient (Wildman–Crippen LogP) is 3.67. The monoisotopic (exact) mass is 310 g/mol. The molecule has 102 valence electrons. The van der Waals surface area contributed by atoms with Gasteiger partial charge in [0, 0.05) is 35.1 Å². The average molecular weight is 311 g/mol. The Bertz CT molecular complexity index is 657. The van der Waals surface area contributed by atoms with Crippen molar-refractivity contribution in [1.29, 1.82) is 0 Å². The van der Waals surface area contributed by atoms with E-state index in [9.17, 15) is 4.79 Å². The molecule has 0 saturated carbocycles. The molecule has 0 aliphatic carbocycles. The smallest absolute Gasteiger partial charge is 0.328 e. The van der Waals surface area contributed by atoms with Crippen LogP contribution in [0.15, 0.2) is 36.7 Å². The summed E-state index contributed by atoms with van der Waals surface area (Å²) in [5.41, 5.74) is 0.539. The van der Waals surface area contributed by atoms with Crippen molar-refractivity contribution in [3.63, 3.8) is 0 Å². The number of benzene rings is 1. The maximum atomic E-state index is 10.4. The summed E-state index contributed by atoms with van der Waals surface area (Å²) in [6.45, 7) is 0. The fraction of sp³-hybridized carbons (Fsp3) is 0. The molecule has 0 amide bonds. The highest BCUT2D eigenvalue weighted by molar-refractivity contribution is 6.34. The fourth-order valence-corrected chi connectivity index (χ4v) is 1.60. The zero-order valence-corrected chi connectivity index (χ0v) is 11.5. The van der Waals surface area contributed by atoms with Crippen LogP contribution in [-0.4, -0.2) is 21.0 Å². The van der Waals surface area contributed by atoms with Crippen molar-refractivity contribution >= 4 is 35.2 Å². The highest BCUT2D eigenvalue weighted by Gasteiger charge is 2.06. The summed E-state index contributed by atoms with van der Waals surface area (Å²) < 4.78 is 5.39. The summed E-state index contributed by atoms with van der Waals surface area (Å²) in [5, 5.41) is 9.36. The molecule has 0 aliphatic rings. The summed E-state index contributed by atoms with van der Waals surface area (Å²) in [6.07, 6.45) is 5.23. The molecule has 0 atom stereocenters. The number of halogens is 2. The van der Waals surface area contributed by atoms with Gasteiger partial charge in [-0.25, -0.2) is 14.8 Å². The number of carboxylic acid groups (broad SMARTS) is 1. The van der Waals surface area contributed by atoms with E-state index in [1.54, 1.807) is 18.2 Å². The summed E-state index contributed by atoms with van der Waals surface area (Å²) >= 11 is 11.8. The largest absolute Gasteiger partial charge is 0.478 e. The number of rotatable bonds is 4. The molecule has 0 spiro atoms. The lowest BCUT2D eigenvalue weighted by Gasteiger charge is -2.05. The molecule has 5 nitrogen and oxygen atoms in total. The molecule has 0 bridgehead atoms. The first-order valence-corrected chi connectivity index (χ1v) is 6.16. The third kappa shape index (κ3) is 3.94. The molecule has 0 unspecified atom stereocenters. The van der Waals surface area contributed by atoms with E-state index in [0.717, 1.165) is 6.08 Å². The molecule has 20 heavy (non-hydrogen) atoms. The first-order valence-electron chi connectivity index (χ1n) is 5.40. The third-order valence-electron chi connectivity index (χ3n) is 2.16. The zero-order valence-electron chi connectivity index (χ0n) is 9.96. The lowest BCUT2D eigenvalue weighted by Crippen LogP contribution is -1.93. The van der Waals surface area contributed by atoms with Crippen LogP contribution >= 0.6 is 23.2 Å². The number of aliphatic carboxylic acids is 1.